The Kier molecular flexibility index (Phi) is 6.84. The Morgan fingerprint density at radius 3 is 2.56 bits per heavy atom. The number of hydrogen-bond acceptors (Lipinski definition) is 4. The van der Waals surface area contributed by atoms with Crippen LogP contribution in [0.15, 0.2) is 54.6 Å². The quantitative estimate of drug-likeness (QED) is 0.639. The zero-order valence-corrected chi connectivity index (χ0v) is 20.4. The molecule has 6 nitrogen and oxygen atoms in total. The number of carbonyl (C=O) groups is 3. The Bertz CT molecular complexity index is 1080. The van der Waals surface area contributed by atoms with E-state index in [1.165, 1.54) is 4.90 Å². The van der Waals surface area contributed by atoms with E-state index in [0.29, 0.717) is 16.8 Å². The fourth-order valence-corrected chi connectivity index (χ4v) is 7.57. The Morgan fingerprint density at radius 2 is 1.76 bits per heavy atom. The van der Waals surface area contributed by atoms with Crippen LogP contribution in [0.1, 0.15) is 36.8 Å². The highest BCUT2D eigenvalue weighted by atomic mass is 35.5. The van der Waals surface area contributed by atoms with Crippen LogP contribution >= 0.6 is 23.4 Å². The van der Waals surface area contributed by atoms with Crippen molar-refractivity contribution in [3.05, 3.63) is 70.7 Å². The van der Waals surface area contributed by atoms with E-state index in [1.807, 2.05) is 48.5 Å². The van der Waals surface area contributed by atoms with Crippen LogP contribution in [-0.2, 0) is 22.7 Å². The maximum atomic E-state index is 13.6. The number of imide groups is 1. The van der Waals surface area contributed by atoms with Gasteiger partial charge >= 0.3 is 6.03 Å². The van der Waals surface area contributed by atoms with Gasteiger partial charge in [0.1, 0.15) is 11.8 Å². The zero-order valence-electron chi connectivity index (χ0n) is 18.9. The minimum atomic E-state index is -0.366. The fraction of sp³-hybridized carbons (Fsp3) is 0.423. The van der Waals surface area contributed by atoms with Crippen molar-refractivity contribution in [1.82, 2.24) is 15.1 Å². The minimum Gasteiger partial charge on any atom is -0.350 e. The molecule has 3 fully saturated rings. The highest BCUT2D eigenvalue weighted by Gasteiger charge is 2.57. The molecule has 0 aromatic heterocycles. The predicted octanol–water partition coefficient (Wildman–Crippen LogP) is 4.46. The molecule has 4 amide bonds. The van der Waals surface area contributed by atoms with Crippen molar-refractivity contribution in [1.29, 1.82) is 0 Å². The third-order valence-corrected chi connectivity index (χ3v) is 9.18. The molecule has 1 N–H and O–H groups in total. The SMILES string of the molecule is O=C(CN1C(=O)N(Cc2ccccc2)C(=O)C2SC3CCCCC3C21)NCc1ccccc1Cl. The summed E-state index contributed by atoms with van der Waals surface area (Å²) in [6.07, 6.45) is 4.32. The number of nitrogens with zero attached hydrogens (tertiary/aromatic N) is 2. The molecule has 0 radical (unpaired) electrons. The third-order valence-electron chi connectivity index (χ3n) is 7.10. The molecule has 2 aliphatic heterocycles. The molecular weight excluding hydrogens is 470 g/mol. The lowest BCUT2D eigenvalue weighted by Gasteiger charge is -2.43. The maximum Gasteiger partial charge on any atom is 0.327 e. The van der Waals surface area contributed by atoms with Crippen molar-refractivity contribution >= 4 is 41.2 Å². The van der Waals surface area contributed by atoms with E-state index in [9.17, 15) is 14.4 Å². The Hall–Kier alpha value is -2.51. The number of hydrogen-bond donors (Lipinski definition) is 1. The van der Waals surface area contributed by atoms with Gasteiger partial charge in [0.2, 0.25) is 11.8 Å². The minimum absolute atomic E-state index is 0.0627. The van der Waals surface area contributed by atoms with Crippen LogP contribution < -0.4 is 5.32 Å². The standard InChI is InChI=1S/C26H28ClN3O3S/c27-20-12-6-4-10-18(20)14-28-22(31)16-29-23-19-11-5-7-13-21(19)34-24(23)25(32)30(26(29)33)15-17-8-2-1-3-9-17/h1-4,6,8-10,12,19,21,23-24H,5,7,11,13-16H2,(H,28,31). The third kappa shape index (κ3) is 4.56. The number of amides is 4. The fourth-order valence-electron chi connectivity index (χ4n) is 5.44. The summed E-state index contributed by atoms with van der Waals surface area (Å²) in [4.78, 5) is 43.1. The van der Waals surface area contributed by atoms with E-state index < -0.39 is 0 Å². The Labute approximate surface area is 209 Å². The van der Waals surface area contributed by atoms with Gasteiger partial charge in [-0.25, -0.2) is 4.79 Å². The molecule has 0 spiro atoms. The summed E-state index contributed by atoms with van der Waals surface area (Å²) in [6.45, 7) is 0.449. The maximum absolute atomic E-state index is 13.6. The van der Waals surface area contributed by atoms with Crippen molar-refractivity contribution < 1.29 is 14.4 Å². The first-order valence-electron chi connectivity index (χ1n) is 11.8. The summed E-state index contributed by atoms with van der Waals surface area (Å²) in [6, 6.07) is 16.3. The lowest BCUT2D eigenvalue weighted by atomic mass is 9.81. The van der Waals surface area contributed by atoms with E-state index in [-0.39, 0.29) is 48.1 Å². The average Bonchev–Trinajstić information content (AvgIpc) is 3.24. The van der Waals surface area contributed by atoms with Crippen molar-refractivity contribution in [2.75, 3.05) is 6.54 Å². The van der Waals surface area contributed by atoms with Crippen molar-refractivity contribution in [2.24, 2.45) is 5.92 Å². The van der Waals surface area contributed by atoms with E-state index in [2.05, 4.69) is 5.32 Å². The van der Waals surface area contributed by atoms with Crippen LogP contribution in [0, 0.1) is 5.92 Å². The molecule has 1 aliphatic carbocycles. The molecule has 1 saturated carbocycles. The number of rotatable bonds is 6. The van der Waals surface area contributed by atoms with E-state index >= 15 is 0 Å². The van der Waals surface area contributed by atoms with Crippen LogP contribution in [0.5, 0.6) is 0 Å². The normalized spacial score (nSPS) is 26.3. The summed E-state index contributed by atoms with van der Waals surface area (Å²) < 4.78 is 0. The van der Waals surface area contributed by atoms with Gasteiger partial charge in [-0.15, -0.1) is 11.8 Å². The van der Waals surface area contributed by atoms with E-state index in [0.717, 1.165) is 36.8 Å². The summed E-state index contributed by atoms with van der Waals surface area (Å²) >= 11 is 7.93. The van der Waals surface area contributed by atoms with Crippen molar-refractivity contribution in [3.8, 4) is 0 Å². The van der Waals surface area contributed by atoms with Crippen molar-refractivity contribution in [2.45, 2.75) is 55.3 Å². The predicted molar refractivity (Wildman–Crippen MR) is 133 cm³/mol. The number of nitrogens with one attached hydrogen (secondary N) is 1. The molecule has 178 valence electrons. The second-order valence-corrected chi connectivity index (χ2v) is 11.0. The monoisotopic (exact) mass is 497 g/mol. The second kappa shape index (κ2) is 10.0. The largest absolute Gasteiger partial charge is 0.350 e. The van der Waals surface area contributed by atoms with Crippen LogP contribution in [-0.4, -0.2) is 50.7 Å². The molecular formula is C26H28ClN3O3S. The number of halogens is 1. The Balaban J connectivity index is 1.37. The second-order valence-electron chi connectivity index (χ2n) is 9.22. The lowest BCUT2D eigenvalue weighted by molar-refractivity contribution is -0.135. The molecule has 0 bridgehead atoms. The highest BCUT2D eigenvalue weighted by Crippen LogP contribution is 2.50. The number of thioether (sulfide) groups is 1. The first-order chi connectivity index (χ1) is 16.5. The lowest BCUT2D eigenvalue weighted by Crippen LogP contribution is -2.64. The molecule has 4 unspecified atom stereocenters. The van der Waals surface area contributed by atoms with Gasteiger partial charge in [0.25, 0.3) is 0 Å². The molecule has 4 atom stereocenters. The van der Waals surface area contributed by atoms with Gasteiger partial charge < -0.3 is 10.2 Å². The molecule has 2 aromatic rings. The molecule has 5 rings (SSSR count). The van der Waals surface area contributed by atoms with Crippen LogP contribution in [0.3, 0.4) is 0 Å². The van der Waals surface area contributed by atoms with Crippen LogP contribution in [0.4, 0.5) is 4.79 Å². The molecule has 2 heterocycles. The molecule has 2 saturated heterocycles. The average molecular weight is 498 g/mol. The van der Waals surface area contributed by atoms with Crippen molar-refractivity contribution in [3.63, 3.8) is 0 Å². The van der Waals surface area contributed by atoms with Gasteiger partial charge in [-0.05, 0) is 36.0 Å². The highest BCUT2D eigenvalue weighted by molar-refractivity contribution is 8.01. The van der Waals surface area contributed by atoms with Gasteiger partial charge in [0, 0.05) is 16.8 Å². The Morgan fingerprint density at radius 1 is 1.03 bits per heavy atom. The molecule has 2 aromatic carbocycles. The zero-order chi connectivity index (χ0) is 23.7. The smallest absolute Gasteiger partial charge is 0.327 e. The van der Waals surface area contributed by atoms with Gasteiger partial charge in [-0.1, -0.05) is 73.0 Å². The first-order valence-corrected chi connectivity index (χ1v) is 13.2. The summed E-state index contributed by atoms with van der Waals surface area (Å²) in [5, 5.41) is 3.55. The van der Waals surface area contributed by atoms with E-state index in [1.54, 1.807) is 22.7 Å². The topological polar surface area (TPSA) is 69.7 Å². The van der Waals surface area contributed by atoms with Gasteiger partial charge in [-0.3, -0.25) is 14.5 Å². The number of carbonyl (C=O) groups excluding carboxylic acids is 3. The van der Waals surface area contributed by atoms with Gasteiger partial charge in [0.15, 0.2) is 0 Å². The number of fused-ring (bicyclic) bond motifs is 3. The van der Waals surface area contributed by atoms with Crippen LogP contribution in [0.2, 0.25) is 5.02 Å². The number of urea groups is 1. The molecule has 8 heteroatoms. The van der Waals surface area contributed by atoms with Gasteiger partial charge in [-0.2, -0.15) is 0 Å². The summed E-state index contributed by atoms with van der Waals surface area (Å²) in [7, 11) is 0. The molecule has 34 heavy (non-hydrogen) atoms. The summed E-state index contributed by atoms with van der Waals surface area (Å²) in [5.41, 5.74) is 1.72. The van der Waals surface area contributed by atoms with Crippen LogP contribution in [0.25, 0.3) is 0 Å². The first kappa shape index (κ1) is 23.2. The van der Waals surface area contributed by atoms with E-state index in [4.69, 9.17) is 11.6 Å². The molecule has 3 aliphatic rings. The van der Waals surface area contributed by atoms with Gasteiger partial charge in [0.05, 0.1) is 12.6 Å². The summed E-state index contributed by atoms with van der Waals surface area (Å²) in [5.74, 6) is -0.108. The number of benzene rings is 2.